The number of nitrogens with zero attached hydrogens (tertiary/aromatic N) is 1. The summed E-state index contributed by atoms with van der Waals surface area (Å²) in [6, 6.07) is 9.97. The molecule has 2 N–H and O–H groups in total. The number of aromatic nitrogens is 1. The highest BCUT2D eigenvalue weighted by molar-refractivity contribution is 6.33. The molecule has 0 spiro atoms. The molecule has 0 unspecified atom stereocenters. The van der Waals surface area contributed by atoms with E-state index >= 15 is 0 Å². The minimum absolute atomic E-state index is 0.160. The molecular formula is C17H18ClN3O2. The van der Waals surface area contributed by atoms with Crippen LogP contribution in [0, 0.1) is 0 Å². The molecule has 0 aliphatic carbocycles. The van der Waals surface area contributed by atoms with Gasteiger partial charge in [0.05, 0.1) is 10.7 Å². The summed E-state index contributed by atoms with van der Waals surface area (Å²) in [4.78, 5) is 28.3. The van der Waals surface area contributed by atoms with Crippen LogP contribution in [0.3, 0.4) is 0 Å². The van der Waals surface area contributed by atoms with Crippen LogP contribution in [0.1, 0.15) is 40.6 Å². The third-order valence-corrected chi connectivity index (χ3v) is 3.52. The van der Waals surface area contributed by atoms with Gasteiger partial charge in [-0.25, -0.2) is 0 Å². The molecule has 120 valence electrons. The van der Waals surface area contributed by atoms with Gasteiger partial charge >= 0.3 is 0 Å². The van der Waals surface area contributed by atoms with Gasteiger partial charge in [0, 0.05) is 18.3 Å². The van der Waals surface area contributed by atoms with Crippen LogP contribution in [-0.4, -0.2) is 23.3 Å². The van der Waals surface area contributed by atoms with E-state index in [9.17, 15) is 9.59 Å². The summed E-state index contributed by atoms with van der Waals surface area (Å²) in [6.45, 7) is 2.66. The second kappa shape index (κ2) is 8.29. The number of anilines is 1. The predicted octanol–water partition coefficient (Wildman–Crippen LogP) is 3.52. The maximum atomic E-state index is 12.2. The number of carbonyl (C=O) groups excluding carboxylic acids is 2. The van der Waals surface area contributed by atoms with Gasteiger partial charge in [-0.2, -0.15) is 0 Å². The van der Waals surface area contributed by atoms with Gasteiger partial charge in [0.2, 0.25) is 0 Å². The molecule has 0 atom stereocenters. The Bertz CT molecular complexity index is 704. The predicted molar refractivity (Wildman–Crippen MR) is 90.9 cm³/mol. The quantitative estimate of drug-likeness (QED) is 0.796. The fraction of sp³-hybridized carbons (Fsp3) is 0.235. The van der Waals surface area contributed by atoms with Crippen LogP contribution in [0.2, 0.25) is 5.02 Å². The first-order valence-corrected chi connectivity index (χ1v) is 7.79. The maximum absolute atomic E-state index is 12.2. The molecule has 1 heterocycles. The highest BCUT2D eigenvalue weighted by atomic mass is 35.5. The molecule has 0 radical (unpaired) electrons. The van der Waals surface area contributed by atoms with E-state index in [-0.39, 0.29) is 11.6 Å². The number of pyridine rings is 1. The van der Waals surface area contributed by atoms with Crippen molar-refractivity contribution >= 4 is 29.1 Å². The maximum Gasteiger partial charge on any atom is 0.274 e. The Kier molecular flexibility index (Phi) is 6.11. The lowest BCUT2D eigenvalue weighted by Gasteiger charge is -2.08. The molecule has 0 saturated carbocycles. The van der Waals surface area contributed by atoms with Crippen LogP contribution < -0.4 is 10.6 Å². The highest BCUT2D eigenvalue weighted by Crippen LogP contribution is 2.21. The average molecular weight is 332 g/mol. The second-order valence-electron chi connectivity index (χ2n) is 4.97. The van der Waals surface area contributed by atoms with Gasteiger partial charge in [-0.15, -0.1) is 0 Å². The molecule has 6 heteroatoms. The van der Waals surface area contributed by atoms with Crippen molar-refractivity contribution in [3.8, 4) is 0 Å². The summed E-state index contributed by atoms with van der Waals surface area (Å²) < 4.78 is 0. The number of para-hydroxylation sites is 1. The number of amides is 2. The standard InChI is InChI=1S/C17H18ClN3O2/c1-2-3-9-20-16(22)12-8-10-19-15(11-12)17(23)21-14-7-5-4-6-13(14)18/h4-8,10-11H,2-3,9H2,1H3,(H,20,22)(H,21,23). The number of hydrogen-bond donors (Lipinski definition) is 2. The normalized spacial score (nSPS) is 10.2. The van der Waals surface area contributed by atoms with Gasteiger partial charge in [-0.1, -0.05) is 37.1 Å². The molecule has 5 nitrogen and oxygen atoms in total. The summed E-state index contributed by atoms with van der Waals surface area (Å²) in [5.74, 6) is -0.631. The van der Waals surface area contributed by atoms with Gasteiger partial charge in [0.1, 0.15) is 5.69 Å². The van der Waals surface area contributed by atoms with Crippen molar-refractivity contribution in [3.05, 3.63) is 58.9 Å². The van der Waals surface area contributed by atoms with Gasteiger partial charge in [0.15, 0.2) is 0 Å². The molecule has 0 aliphatic heterocycles. The Morgan fingerprint density at radius 2 is 1.96 bits per heavy atom. The van der Waals surface area contributed by atoms with Crippen molar-refractivity contribution in [3.63, 3.8) is 0 Å². The first-order chi connectivity index (χ1) is 11.1. The van der Waals surface area contributed by atoms with E-state index in [2.05, 4.69) is 22.5 Å². The van der Waals surface area contributed by atoms with Crippen molar-refractivity contribution in [2.24, 2.45) is 0 Å². The lowest BCUT2D eigenvalue weighted by Crippen LogP contribution is -2.25. The summed E-state index contributed by atoms with van der Waals surface area (Å²) >= 11 is 6.01. The molecule has 2 rings (SSSR count). The summed E-state index contributed by atoms with van der Waals surface area (Å²) in [7, 11) is 0. The fourth-order valence-corrected chi connectivity index (χ4v) is 2.11. The lowest BCUT2D eigenvalue weighted by molar-refractivity contribution is 0.0953. The van der Waals surface area contributed by atoms with E-state index in [1.54, 1.807) is 30.3 Å². The fourth-order valence-electron chi connectivity index (χ4n) is 1.93. The van der Waals surface area contributed by atoms with E-state index < -0.39 is 5.91 Å². The monoisotopic (exact) mass is 331 g/mol. The van der Waals surface area contributed by atoms with Crippen LogP contribution in [0.25, 0.3) is 0 Å². The van der Waals surface area contributed by atoms with Gasteiger partial charge in [0.25, 0.3) is 11.8 Å². The smallest absolute Gasteiger partial charge is 0.274 e. The third kappa shape index (κ3) is 4.79. The minimum Gasteiger partial charge on any atom is -0.352 e. The third-order valence-electron chi connectivity index (χ3n) is 3.19. The zero-order valence-electron chi connectivity index (χ0n) is 12.8. The SMILES string of the molecule is CCCCNC(=O)c1ccnc(C(=O)Nc2ccccc2Cl)c1. The van der Waals surface area contributed by atoms with E-state index in [1.165, 1.54) is 12.3 Å². The van der Waals surface area contributed by atoms with Crippen LogP contribution in [0.5, 0.6) is 0 Å². The molecule has 0 bridgehead atoms. The molecule has 1 aromatic heterocycles. The van der Waals surface area contributed by atoms with Gasteiger partial charge in [-0.05, 0) is 30.7 Å². The molecular weight excluding hydrogens is 314 g/mol. The molecule has 1 aromatic carbocycles. The zero-order valence-corrected chi connectivity index (χ0v) is 13.6. The second-order valence-corrected chi connectivity index (χ2v) is 5.38. The number of halogens is 1. The topological polar surface area (TPSA) is 71.1 Å². The number of unbranched alkanes of at least 4 members (excludes halogenated alkanes) is 1. The van der Waals surface area contributed by atoms with E-state index in [1.807, 2.05) is 0 Å². The number of nitrogens with one attached hydrogen (secondary N) is 2. The Morgan fingerprint density at radius 1 is 1.17 bits per heavy atom. The number of benzene rings is 1. The minimum atomic E-state index is -0.415. The largest absolute Gasteiger partial charge is 0.352 e. The number of rotatable bonds is 6. The van der Waals surface area contributed by atoms with Crippen LogP contribution in [0.15, 0.2) is 42.6 Å². The lowest BCUT2D eigenvalue weighted by atomic mass is 10.2. The van der Waals surface area contributed by atoms with E-state index in [4.69, 9.17) is 11.6 Å². The Morgan fingerprint density at radius 3 is 2.70 bits per heavy atom. The van der Waals surface area contributed by atoms with Gasteiger partial charge in [-0.3, -0.25) is 14.6 Å². The van der Waals surface area contributed by atoms with E-state index in [0.29, 0.717) is 22.8 Å². The van der Waals surface area contributed by atoms with Crippen molar-refractivity contribution in [1.29, 1.82) is 0 Å². The summed E-state index contributed by atoms with van der Waals surface area (Å²) in [5.41, 5.74) is 1.06. The average Bonchev–Trinajstić information content (AvgIpc) is 2.57. The number of carbonyl (C=O) groups is 2. The molecule has 23 heavy (non-hydrogen) atoms. The van der Waals surface area contributed by atoms with Crippen LogP contribution in [0.4, 0.5) is 5.69 Å². The molecule has 2 aromatic rings. The van der Waals surface area contributed by atoms with Crippen molar-refractivity contribution < 1.29 is 9.59 Å². The van der Waals surface area contributed by atoms with Crippen molar-refractivity contribution in [1.82, 2.24) is 10.3 Å². The Hall–Kier alpha value is -2.40. The van der Waals surface area contributed by atoms with Crippen molar-refractivity contribution in [2.45, 2.75) is 19.8 Å². The van der Waals surface area contributed by atoms with E-state index in [0.717, 1.165) is 12.8 Å². The first-order valence-electron chi connectivity index (χ1n) is 7.42. The van der Waals surface area contributed by atoms with Crippen molar-refractivity contribution in [2.75, 3.05) is 11.9 Å². The zero-order chi connectivity index (χ0) is 16.7. The van der Waals surface area contributed by atoms with Crippen LogP contribution >= 0.6 is 11.6 Å². The molecule has 2 amide bonds. The highest BCUT2D eigenvalue weighted by Gasteiger charge is 2.12. The molecule has 0 fully saturated rings. The summed E-state index contributed by atoms with van der Waals surface area (Å²) in [5, 5.41) is 5.92. The summed E-state index contributed by atoms with van der Waals surface area (Å²) in [6.07, 6.45) is 3.36. The van der Waals surface area contributed by atoms with Crippen LogP contribution in [-0.2, 0) is 0 Å². The Balaban J connectivity index is 2.08. The van der Waals surface area contributed by atoms with Gasteiger partial charge < -0.3 is 10.6 Å². The molecule has 0 saturated heterocycles. The molecule has 0 aliphatic rings. The Labute approximate surface area is 140 Å². The first kappa shape index (κ1) is 17.0. The number of hydrogen-bond acceptors (Lipinski definition) is 3.